The quantitative estimate of drug-likeness (QED) is 0.666. The standard InChI is InChI=1S/C9H13NO2/c1-8(7-11)12-10-9-5-3-2-4-6-9/h2-6,8,10-11H,7H2,1H3. The zero-order chi connectivity index (χ0) is 8.81. The maximum Gasteiger partial charge on any atom is 0.106 e. The Kier molecular flexibility index (Phi) is 3.57. The molecule has 0 aliphatic rings. The molecule has 1 rings (SSSR count). The fraction of sp³-hybridized carbons (Fsp3) is 0.333. The normalized spacial score (nSPS) is 12.5. The van der Waals surface area contributed by atoms with Gasteiger partial charge in [-0.15, -0.1) is 0 Å². The number of aliphatic hydroxyl groups is 1. The number of aliphatic hydroxyl groups excluding tert-OH is 1. The summed E-state index contributed by atoms with van der Waals surface area (Å²) in [5.41, 5.74) is 3.62. The molecular weight excluding hydrogens is 154 g/mol. The Labute approximate surface area is 71.9 Å². The van der Waals surface area contributed by atoms with E-state index in [2.05, 4.69) is 5.48 Å². The van der Waals surface area contributed by atoms with Gasteiger partial charge in [-0.3, -0.25) is 10.3 Å². The fourth-order valence-electron chi connectivity index (χ4n) is 0.712. The van der Waals surface area contributed by atoms with Crippen LogP contribution in [-0.2, 0) is 4.84 Å². The molecule has 0 spiro atoms. The van der Waals surface area contributed by atoms with Crippen molar-refractivity contribution >= 4 is 5.69 Å². The van der Waals surface area contributed by atoms with Crippen LogP contribution in [0.3, 0.4) is 0 Å². The number of anilines is 1. The molecule has 0 saturated carbocycles. The molecule has 3 heteroatoms. The molecule has 1 unspecified atom stereocenters. The van der Waals surface area contributed by atoms with E-state index in [4.69, 9.17) is 9.94 Å². The topological polar surface area (TPSA) is 41.5 Å². The highest BCUT2D eigenvalue weighted by Crippen LogP contribution is 2.05. The van der Waals surface area contributed by atoms with Crippen LogP contribution < -0.4 is 5.48 Å². The van der Waals surface area contributed by atoms with Gasteiger partial charge in [0.25, 0.3) is 0 Å². The second kappa shape index (κ2) is 4.74. The minimum absolute atomic E-state index is 0.0137. The third-order valence-corrected chi connectivity index (χ3v) is 1.41. The Hall–Kier alpha value is -1.06. The Morgan fingerprint density at radius 3 is 2.67 bits per heavy atom. The third-order valence-electron chi connectivity index (χ3n) is 1.41. The lowest BCUT2D eigenvalue weighted by atomic mass is 10.3. The van der Waals surface area contributed by atoms with E-state index in [0.717, 1.165) is 5.69 Å². The van der Waals surface area contributed by atoms with E-state index in [-0.39, 0.29) is 12.7 Å². The highest BCUT2D eigenvalue weighted by atomic mass is 16.7. The molecule has 1 atom stereocenters. The van der Waals surface area contributed by atoms with Gasteiger partial charge in [0.2, 0.25) is 0 Å². The summed E-state index contributed by atoms with van der Waals surface area (Å²) in [5, 5.41) is 8.65. The molecule has 1 aromatic rings. The van der Waals surface area contributed by atoms with Crippen LogP contribution in [0.5, 0.6) is 0 Å². The molecule has 0 heterocycles. The van der Waals surface area contributed by atoms with Gasteiger partial charge in [-0.1, -0.05) is 18.2 Å². The smallest absolute Gasteiger partial charge is 0.106 e. The van der Waals surface area contributed by atoms with E-state index in [9.17, 15) is 0 Å². The molecule has 0 fully saturated rings. The van der Waals surface area contributed by atoms with Gasteiger partial charge in [-0.05, 0) is 19.1 Å². The van der Waals surface area contributed by atoms with Gasteiger partial charge in [0, 0.05) is 0 Å². The van der Waals surface area contributed by atoms with Crippen LogP contribution in [0, 0.1) is 0 Å². The molecule has 66 valence electrons. The number of hydrogen-bond acceptors (Lipinski definition) is 3. The van der Waals surface area contributed by atoms with Gasteiger partial charge >= 0.3 is 0 Å². The van der Waals surface area contributed by atoms with E-state index >= 15 is 0 Å². The van der Waals surface area contributed by atoms with Gasteiger partial charge in [-0.25, -0.2) is 0 Å². The molecule has 0 radical (unpaired) electrons. The van der Waals surface area contributed by atoms with Gasteiger partial charge in [0.05, 0.1) is 12.3 Å². The van der Waals surface area contributed by atoms with Crippen molar-refractivity contribution in [2.75, 3.05) is 12.1 Å². The summed E-state index contributed by atoms with van der Waals surface area (Å²) in [6.07, 6.45) is -0.190. The predicted octanol–water partition coefficient (Wildman–Crippen LogP) is 1.41. The highest BCUT2D eigenvalue weighted by molar-refractivity contribution is 5.39. The van der Waals surface area contributed by atoms with Crippen molar-refractivity contribution in [3.05, 3.63) is 30.3 Å². The Bertz CT molecular complexity index is 213. The minimum Gasteiger partial charge on any atom is -0.394 e. The van der Waals surface area contributed by atoms with Crippen LogP contribution in [-0.4, -0.2) is 17.8 Å². The molecule has 0 aliphatic carbocycles. The molecular formula is C9H13NO2. The maximum atomic E-state index is 8.65. The zero-order valence-corrected chi connectivity index (χ0v) is 7.03. The summed E-state index contributed by atoms with van der Waals surface area (Å²) in [6.45, 7) is 1.80. The number of nitrogens with one attached hydrogen (secondary N) is 1. The van der Waals surface area contributed by atoms with Gasteiger partial charge in [0.15, 0.2) is 0 Å². The molecule has 3 nitrogen and oxygen atoms in total. The van der Waals surface area contributed by atoms with Crippen molar-refractivity contribution in [1.82, 2.24) is 0 Å². The van der Waals surface area contributed by atoms with E-state index in [0.29, 0.717) is 0 Å². The Morgan fingerprint density at radius 1 is 1.42 bits per heavy atom. The van der Waals surface area contributed by atoms with Crippen LogP contribution in [0.15, 0.2) is 30.3 Å². The average Bonchev–Trinajstić information content (AvgIpc) is 2.16. The van der Waals surface area contributed by atoms with Crippen molar-refractivity contribution < 1.29 is 9.94 Å². The summed E-state index contributed by atoms with van der Waals surface area (Å²) in [5.74, 6) is 0. The Balaban J connectivity index is 2.33. The lowest BCUT2D eigenvalue weighted by Gasteiger charge is -2.10. The van der Waals surface area contributed by atoms with Gasteiger partial charge < -0.3 is 5.11 Å². The summed E-state index contributed by atoms with van der Waals surface area (Å²) < 4.78 is 0. The molecule has 0 saturated heterocycles. The SMILES string of the molecule is CC(CO)ONc1ccccc1. The number of para-hydroxylation sites is 1. The first kappa shape index (κ1) is 9.03. The fourth-order valence-corrected chi connectivity index (χ4v) is 0.712. The molecule has 0 amide bonds. The van der Waals surface area contributed by atoms with Crippen molar-refractivity contribution in [2.45, 2.75) is 13.0 Å². The largest absolute Gasteiger partial charge is 0.394 e. The van der Waals surface area contributed by atoms with E-state index in [1.165, 1.54) is 0 Å². The summed E-state index contributed by atoms with van der Waals surface area (Å²) in [4.78, 5) is 5.08. The average molecular weight is 167 g/mol. The monoisotopic (exact) mass is 167 g/mol. The second-order valence-electron chi connectivity index (χ2n) is 2.58. The van der Waals surface area contributed by atoms with Crippen molar-refractivity contribution in [3.63, 3.8) is 0 Å². The summed E-state index contributed by atoms with van der Waals surface area (Å²) in [7, 11) is 0. The first-order chi connectivity index (χ1) is 5.83. The van der Waals surface area contributed by atoms with Crippen LogP contribution in [0.4, 0.5) is 5.69 Å². The molecule has 12 heavy (non-hydrogen) atoms. The van der Waals surface area contributed by atoms with Crippen molar-refractivity contribution in [1.29, 1.82) is 0 Å². The van der Waals surface area contributed by atoms with Crippen LogP contribution in [0.25, 0.3) is 0 Å². The molecule has 1 aromatic carbocycles. The second-order valence-corrected chi connectivity index (χ2v) is 2.58. The van der Waals surface area contributed by atoms with Crippen molar-refractivity contribution in [3.8, 4) is 0 Å². The first-order valence-electron chi connectivity index (χ1n) is 3.90. The predicted molar refractivity (Wildman–Crippen MR) is 47.7 cm³/mol. The number of rotatable bonds is 4. The first-order valence-corrected chi connectivity index (χ1v) is 3.90. The van der Waals surface area contributed by atoms with Gasteiger partial charge in [-0.2, -0.15) is 0 Å². The maximum absolute atomic E-state index is 8.65. The van der Waals surface area contributed by atoms with Crippen molar-refractivity contribution in [2.24, 2.45) is 0 Å². The molecule has 0 aromatic heterocycles. The van der Waals surface area contributed by atoms with Crippen LogP contribution >= 0.6 is 0 Å². The Morgan fingerprint density at radius 2 is 2.08 bits per heavy atom. The molecule has 2 N–H and O–H groups in total. The molecule has 0 aliphatic heterocycles. The van der Waals surface area contributed by atoms with E-state index in [1.807, 2.05) is 30.3 Å². The summed E-state index contributed by atoms with van der Waals surface area (Å²) >= 11 is 0. The van der Waals surface area contributed by atoms with Crippen LogP contribution in [0.1, 0.15) is 6.92 Å². The summed E-state index contributed by atoms with van der Waals surface area (Å²) in [6, 6.07) is 9.54. The number of benzene rings is 1. The lowest BCUT2D eigenvalue weighted by molar-refractivity contribution is 0.0603. The minimum atomic E-state index is -0.190. The van der Waals surface area contributed by atoms with E-state index < -0.39 is 0 Å². The van der Waals surface area contributed by atoms with Crippen LogP contribution in [0.2, 0.25) is 0 Å². The lowest BCUT2D eigenvalue weighted by Crippen LogP contribution is -2.16. The third kappa shape index (κ3) is 2.90. The van der Waals surface area contributed by atoms with Gasteiger partial charge in [0.1, 0.15) is 6.10 Å². The molecule has 0 bridgehead atoms. The van der Waals surface area contributed by atoms with E-state index in [1.54, 1.807) is 6.92 Å². The number of hydrogen-bond donors (Lipinski definition) is 2. The highest BCUT2D eigenvalue weighted by Gasteiger charge is 1.98. The zero-order valence-electron chi connectivity index (χ0n) is 7.03.